The summed E-state index contributed by atoms with van der Waals surface area (Å²) in [5, 5.41) is 3.58. The van der Waals surface area contributed by atoms with E-state index >= 15 is 0 Å². The molecule has 3 rings (SSSR count). The topological polar surface area (TPSA) is 103 Å². The number of amides is 2. The Labute approximate surface area is 195 Å². The molecule has 2 aliphatic heterocycles. The van der Waals surface area contributed by atoms with Crippen LogP contribution in [0.2, 0.25) is 0 Å². The molecule has 1 N–H and O–H groups in total. The van der Waals surface area contributed by atoms with Crippen molar-refractivity contribution in [1.29, 1.82) is 0 Å². The van der Waals surface area contributed by atoms with Gasteiger partial charge in [-0.25, -0.2) is 13.4 Å². The molecule has 0 atom stereocenters. The second-order valence-electron chi connectivity index (χ2n) is 9.19. The van der Waals surface area contributed by atoms with Gasteiger partial charge in [0.15, 0.2) is 0 Å². The van der Waals surface area contributed by atoms with E-state index in [2.05, 4.69) is 15.2 Å². The fourth-order valence-electron chi connectivity index (χ4n) is 3.73. The number of rotatable bonds is 7. The number of aromatic nitrogens is 1. The predicted molar refractivity (Wildman–Crippen MR) is 124 cm³/mol. The summed E-state index contributed by atoms with van der Waals surface area (Å²) >= 11 is 1.30. The third kappa shape index (κ3) is 6.90. The van der Waals surface area contributed by atoms with Gasteiger partial charge in [-0.1, -0.05) is 11.8 Å². The van der Waals surface area contributed by atoms with Crippen LogP contribution in [0, 0.1) is 0 Å². The Bertz CT molecular complexity index is 901. The summed E-state index contributed by atoms with van der Waals surface area (Å²) in [5.74, 6) is 0.258. The monoisotopic (exact) mass is 483 g/mol. The van der Waals surface area contributed by atoms with Crippen LogP contribution in [0.15, 0.2) is 28.3 Å². The molecule has 0 spiro atoms. The Morgan fingerprint density at radius 2 is 1.72 bits per heavy atom. The number of thioether (sulfide) groups is 1. The van der Waals surface area contributed by atoms with Gasteiger partial charge in [-0.2, -0.15) is 4.31 Å². The Balaban J connectivity index is 1.43. The molecule has 0 aliphatic carbocycles. The number of carbonyl (C=O) groups is 2. The minimum Gasteiger partial charge on any atom is -0.350 e. The van der Waals surface area contributed by atoms with Crippen LogP contribution >= 0.6 is 11.8 Å². The average molecular weight is 484 g/mol. The zero-order chi connectivity index (χ0) is 23.4. The predicted octanol–water partition coefficient (Wildman–Crippen LogP) is 1.02. The molecule has 1 aromatic rings. The van der Waals surface area contributed by atoms with Gasteiger partial charge in [0.25, 0.3) is 0 Å². The van der Waals surface area contributed by atoms with E-state index in [4.69, 9.17) is 0 Å². The van der Waals surface area contributed by atoms with Gasteiger partial charge in [-0.15, -0.1) is 0 Å². The Morgan fingerprint density at radius 1 is 1.06 bits per heavy atom. The molecule has 9 nitrogen and oxygen atoms in total. The largest absolute Gasteiger partial charge is 0.350 e. The summed E-state index contributed by atoms with van der Waals surface area (Å²) in [5.41, 5.74) is -0.253. The van der Waals surface area contributed by atoms with Crippen LogP contribution in [0.4, 0.5) is 0 Å². The van der Waals surface area contributed by atoms with Crippen molar-refractivity contribution in [2.24, 2.45) is 0 Å². The molecule has 0 unspecified atom stereocenters. The molecule has 2 amide bonds. The highest BCUT2D eigenvalue weighted by Crippen LogP contribution is 2.23. The smallest absolute Gasteiger partial charge is 0.244 e. The van der Waals surface area contributed by atoms with Gasteiger partial charge in [-0.3, -0.25) is 14.5 Å². The van der Waals surface area contributed by atoms with E-state index in [0.717, 1.165) is 12.8 Å². The van der Waals surface area contributed by atoms with Gasteiger partial charge in [0.05, 0.1) is 17.3 Å². The Kier molecular flexibility index (Phi) is 8.18. The number of hydrogen-bond donors (Lipinski definition) is 1. The van der Waals surface area contributed by atoms with Crippen molar-refractivity contribution in [3.8, 4) is 0 Å². The second-order valence-corrected chi connectivity index (χ2v) is 12.1. The number of piperazine rings is 1. The molecule has 0 radical (unpaired) electrons. The number of nitrogens with one attached hydrogen (secondary N) is 1. The second kappa shape index (κ2) is 10.5. The number of nitrogens with zero attached hydrogens (tertiary/aromatic N) is 4. The summed E-state index contributed by atoms with van der Waals surface area (Å²) < 4.78 is 26.6. The van der Waals surface area contributed by atoms with Crippen LogP contribution in [0.25, 0.3) is 0 Å². The Morgan fingerprint density at radius 3 is 2.28 bits per heavy atom. The van der Waals surface area contributed by atoms with Crippen LogP contribution < -0.4 is 5.32 Å². The maximum atomic E-state index is 12.6. The SMILES string of the molecule is CC(C)(C)NC(=O)CN1CCN(C(=O)CSc2ccc(S(=O)(=O)N3CCCC3)cn2)CC1. The van der Waals surface area contributed by atoms with Gasteiger partial charge >= 0.3 is 0 Å². The standard InChI is InChI=1S/C21H33N5O4S2/c1-21(2,3)23-18(27)15-24-10-12-25(13-11-24)20(28)16-31-19-7-6-17(14-22-19)32(29,30)26-8-4-5-9-26/h6-7,14H,4-5,8-13,15-16H2,1-3H3,(H,23,27). The fourth-order valence-corrected chi connectivity index (χ4v) is 5.93. The summed E-state index contributed by atoms with van der Waals surface area (Å²) in [4.78, 5) is 32.9. The first-order valence-corrected chi connectivity index (χ1v) is 13.4. The zero-order valence-corrected chi connectivity index (χ0v) is 20.7. The molecule has 32 heavy (non-hydrogen) atoms. The van der Waals surface area contributed by atoms with Gasteiger partial charge in [0.2, 0.25) is 21.8 Å². The molecule has 0 saturated carbocycles. The lowest BCUT2D eigenvalue weighted by Crippen LogP contribution is -2.53. The van der Waals surface area contributed by atoms with Crippen molar-refractivity contribution >= 4 is 33.6 Å². The number of sulfonamides is 1. The first kappa shape index (κ1) is 24.9. The lowest BCUT2D eigenvalue weighted by molar-refractivity contribution is -0.130. The number of carbonyl (C=O) groups excluding carboxylic acids is 2. The van der Waals surface area contributed by atoms with Crippen LogP contribution in [0.1, 0.15) is 33.6 Å². The van der Waals surface area contributed by atoms with E-state index in [9.17, 15) is 18.0 Å². The van der Waals surface area contributed by atoms with E-state index in [-0.39, 0.29) is 28.0 Å². The quantitative estimate of drug-likeness (QED) is 0.578. The van der Waals surface area contributed by atoms with E-state index in [1.165, 1.54) is 22.3 Å². The lowest BCUT2D eigenvalue weighted by atomic mass is 10.1. The van der Waals surface area contributed by atoms with Gasteiger partial charge in [-0.05, 0) is 45.7 Å². The highest BCUT2D eigenvalue weighted by Gasteiger charge is 2.27. The molecule has 2 aliphatic rings. The maximum absolute atomic E-state index is 12.6. The first-order valence-electron chi connectivity index (χ1n) is 10.9. The van der Waals surface area contributed by atoms with Crippen molar-refractivity contribution in [3.63, 3.8) is 0 Å². The summed E-state index contributed by atoms with van der Waals surface area (Å²) in [6, 6.07) is 3.22. The minimum absolute atomic E-state index is 0.00546. The molecule has 11 heteroatoms. The van der Waals surface area contributed by atoms with Crippen molar-refractivity contribution in [1.82, 2.24) is 24.4 Å². The maximum Gasteiger partial charge on any atom is 0.244 e. The van der Waals surface area contributed by atoms with E-state index in [1.807, 2.05) is 20.8 Å². The average Bonchev–Trinajstić information content (AvgIpc) is 3.27. The molecule has 1 aromatic heterocycles. The third-order valence-electron chi connectivity index (χ3n) is 5.36. The normalized spacial score (nSPS) is 18.7. The highest BCUT2D eigenvalue weighted by atomic mass is 32.2. The summed E-state index contributed by atoms with van der Waals surface area (Å²) in [7, 11) is -3.47. The van der Waals surface area contributed by atoms with Crippen LogP contribution in [0.3, 0.4) is 0 Å². The van der Waals surface area contributed by atoms with Crippen LogP contribution in [0.5, 0.6) is 0 Å². The summed E-state index contributed by atoms with van der Waals surface area (Å²) in [6.07, 6.45) is 3.16. The van der Waals surface area contributed by atoms with Gasteiger partial charge in [0, 0.05) is 51.0 Å². The van der Waals surface area contributed by atoms with Gasteiger partial charge in [0.1, 0.15) is 4.90 Å². The van der Waals surface area contributed by atoms with Crippen molar-refractivity contribution in [2.75, 3.05) is 51.6 Å². The molecule has 178 valence electrons. The first-order chi connectivity index (χ1) is 15.0. The zero-order valence-electron chi connectivity index (χ0n) is 19.0. The van der Waals surface area contributed by atoms with Crippen molar-refractivity contribution in [2.45, 2.75) is 49.1 Å². The highest BCUT2D eigenvalue weighted by molar-refractivity contribution is 7.99. The lowest BCUT2D eigenvalue weighted by Gasteiger charge is -2.34. The molecule has 2 fully saturated rings. The van der Waals surface area contributed by atoms with E-state index < -0.39 is 10.0 Å². The molecule has 2 saturated heterocycles. The molecular formula is C21H33N5O4S2. The minimum atomic E-state index is -3.47. The van der Waals surface area contributed by atoms with Crippen LogP contribution in [-0.4, -0.2) is 96.4 Å². The molecule has 3 heterocycles. The van der Waals surface area contributed by atoms with Crippen molar-refractivity contribution in [3.05, 3.63) is 18.3 Å². The number of hydrogen-bond acceptors (Lipinski definition) is 7. The van der Waals surface area contributed by atoms with E-state index in [0.29, 0.717) is 50.8 Å². The molecule has 0 aromatic carbocycles. The Hall–Kier alpha value is -1.69. The van der Waals surface area contributed by atoms with Crippen molar-refractivity contribution < 1.29 is 18.0 Å². The van der Waals surface area contributed by atoms with Gasteiger partial charge < -0.3 is 10.2 Å². The molecule has 0 bridgehead atoms. The summed E-state index contributed by atoms with van der Waals surface area (Å²) in [6.45, 7) is 9.81. The third-order valence-corrected chi connectivity index (χ3v) is 8.17. The van der Waals surface area contributed by atoms with Crippen LogP contribution in [-0.2, 0) is 19.6 Å². The molecular weight excluding hydrogens is 450 g/mol. The fraction of sp³-hybridized carbons (Fsp3) is 0.667. The number of pyridine rings is 1. The van der Waals surface area contributed by atoms with E-state index in [1.54, 1.807) is 17.0 Å².